The van der Waals surface area contributed by atoms with Crippen LogP contribution < -0.4 is 0 Å². The number of amides is 3. The van der Waals surface area contributed by atoms with Crippen LogP contribution in [0.3, 0.4) is 0 Å². The summed E-state index contributed by atoms with van der Waals surface area (Å²) in [5.74, 6) is -2.21. The van der Waals surface area contributed by atoms with Crippen LogP contribution in [0, 0.1) is 11.8 Å². The Morgan fingerprint density at radius 3 is 2.45 bits per heavy atom. The van der Waals surface area contributed by atoms with Gasteiger partial charge >= 0.3 is 0 Å². The number of hydrogen-bond acceptors (Lipinski definition) is 5. The summed E-state index contributed by atoms with van der Waals surface area (Å²) in [4.78, 5) is 47.8. The first kappa shape index (κ1) is 26.6. The van der Waals surface area contributed by atoms with Crippen molar-refractivity contribution >= 4 is 17.7 Å². The standard InChI is InChI=1S/C30H39N3O5/c1-5-15-31-16-9-13-22-23(26(31)35)24-27(36)33(21(19-34)18-20-11-7-6-8-12-20)25-28(37)32(29(2,3)4)17-10-14-30(24,25)38-22/h6-14,21-25,34H,5,15-19H2,1-4H3/t21-,22-,23+,24+,25?,30+/m1/s1. The van der Waals surface area contributed by atoms with E-state index in [1.807, 2.05) is 82.3 Å². The van der Waals surface area contributed by atoms with Crippen LogP contribution in [0.15, 0.2) is 54.6 Å². The molecule has 2 fully saturated rings. The molecule has 8 nitrogen and oxygen atoms in total. The van der Waals surface area contributed by atoms with Gasteiger partial charge in [0.05, 0.1) is 30.6 Å². The van der Waals surface area contributed by atoms with Gasteiger partial charge in [-0.25, -0.2) is 0 Å². The molecule has 204 valence electrons. The van der Waals surface area contributed by atoms with Crippen molar-refractivity contribution in [3.63, 3.8) is 0 Å². The number of aliphatic hydroxyl groups is 1. The number of benzene rings is 1. The van der Waals surface area contributed by atoms with Crippen molar-refractivity contribution in [3.05, 3.63) is 60.2 Å². The van der Waals surface area contributed by atoms with Crippen LogP contribution in [0.5, 0.6) is 0 Å². The molecule has 4 aliphatic heterocycles. The monoisotopic (exact) mass is 521 g/mol. The van der Waals surface area contributed by atoms with Crippen LogP contribution in [0.1, 0.15) is 39.7 Å². The van der Waals surface area contributed by atoms with Gasteiger partial charge in [-0.1, -0.05) is 61.6 Å². The summed E-state index contributed by atoms with van der Waals surface area (Å²) in [6, 6.07) is 8.03. The minimum atomic E-state index is -1.29. The molecule has 38 heavy (non-hydrogen) atoms. The smallest absolute Gasteiger partial charge is 0.249 e. The van der Waals surface area contributed by atoms with E-state index in [1.54, 1.807) is 14.7 Å². The second-order valence-corrected chi connectivity index (χ2v) is 11.8. The maximum atomic E-state index is 14.5. The Morgan fingerprint density at radius 2 is 1.79 bits per heavy atom. The SMILES string of the molecule is CCCN1CC=C[C@H]2O[C@]34C=CCN(C(C)(C)C)C(=O)C3N([C@@H](CO)Cc3ccccc3)C(=O)[C@@H]4[C@H]2C1=O. The Kier molecular flexibility index (Phi) is 6.99. The second-order valence-electron chi connectivity index (χ2n) is 11.8. The number of nitrogens with zero attached hydrogens (tertiary/aromatic N) is 3. The summed E-state index contributed by atoms with van der Waals surface area (Å²) < 4.78 is 6.70. The van der Waals surface area contributed by atoms with Crippen LogP contribution in [0.4, 0.5) is 0 Å². The lowest BCUT2D eigenvalue weighted by atomic mass is 9.77. The summed E-state index contributed by atoms with van der Waals surface area (Å²) in [6.45, 7) is 9.06. The fraction of sp³-hybridized carbons (Fsp3) is 0.567. The van der Waals surface area contributed by atoms with Gasteiger partial charge in [-0.05, 0) is 39.2 Å². The fourth-order valence-electron chi connectivity index (χ4n) is 6.73. The molecule has 0 saturated carbocycles. The number of carbonyl (C=O) groups excluding carboxylic acids is 3. The third-order valence-corrected chi connectivity index (χ3v) is 8.40. The third-order valence-electron chi connectivity index (χ3n) is 8.40. The van der Waals surface area contributed by atoms with Gasteiger partial charge in [0.1, 0.15) is 11.6 Å². The highest BCUT2D eigenvalue weighted by Crippen LogP contribution is 2.54. The molecule has 1 spiro atoms. The molecule has 0 aliphatic carbocycles. The van der Waals surface area contributed by atoms with Gasteiger partial charge in [-0.2, -0.15) is 0 Å². The number of likely N-dealkylation sites (tertiary alicyclic amines) is 1. The molecule has 0 radical (unpaired) electrons. The van der Waals surface area contributed by atoms with Crippen molar-refractivity contribution in [1.82, 2.24) is 14.7 Å². The predicted octanol–water partition coefficient (Wildman–Crippen LogP) is 2.18. The molecule has 8 heteroatoms. The molecule has 0 bridgehead atoms. The van der Waals surface area contributed by atoms with Crippen LogP contribution in [-0.4, -0.2) is 93.1 Å². The van der Waals surface area contributed by atoms with E-state index in [4.69, 9.17) is 4.74 Å². The van der Waals surface area contributed by atoms with Crippen molar-refractivity contribution < 1.29 is 24.2 Å². The Balaban J connectivity index is 1.63. The van der Waals surface area contributed by atoms with E-state index in [0.29, 0.717) is 26.1 Å². The Morgan fingerprint density at radius 1 is 1.05 bits per heavy atom. The second kappa shape index (κ2) is 9.97. The number of fused-ring (bicyclic) bond motifs is 2. The average Bonchev–Trinajstić information content (AvgIpc) is 3.20. The van der Waals surface area contributed by atoms with Crippen LogP contribution >= 0.6 is 0 Å². The van der Waals surface area contributed by atoms with Gasteiger partial charge < -0.3 is 24.5 Å². The van der Waals surface area contributed by atoms with Gasteiger partial charge in [0.25, 0.3) is 0 Å². The molecule has 1 aromatic carbocycles. The van der Waals surface area contributed by atoms with Crippen LogP contribution in [0.2, 0.25) is 0 Å². The quantitative estimate of drug-likeness (QED) is 0.580. The highest BCUT2D eigenvalue weighted by molar-refractivity contribution is 6.00. The number of rotatable bonds is 6. The van der Waals surface area contributed by atoms with Crippen molar-refractivity contribution in [2.75, 3.05) is 26.2 Å². The number of aliphatic hydroxyl groups excluding tert-OH is 1. The first-order chi connectivity index (χ1) is 18.1. The van der Waals surface area contributed by atoms with Gasteiger partial charge in [-0.15, -0.1) is 0 Å². The molecule has 0 aromatic heterocycles. The van der Waals surface area contributed by atoms with E-state index in [2.05, 4.69) is 0 Å². The van der Waals surface area contributed by atoms with E-state index >= 15 is 0 Å². The predicted molar refractivity (Wildman–Crippen MR) is 143 cm³/mol. The molecule has 3 amide bonds. The summed E-state index contributed by atoms with van der Waals surface area (Å²) in [5, 5.41) is 10.6. The molecule has 4 heterocycles. The van der Waals surface area contributed by atoms with E-state index in [-0.39, 0.29) is 24.3 Å². The number of ether oxygens (including phenoxy) is 1. The highest BCUT2D eigenvalue weighted by Gasteiger charge is 2.72. The van der Waals surface area contributed by atoms with E-state index in [0.717, 1.165) is 12.0 Å². The lowest BCUT2D eigenvalue weighted by Gasteiger charge is -2.42. The summed E-state index contributed by atoms with van der Waals surface area (Å²) in [7, 11) is 0. The molecule has 1 N–H and O–H groups in total. The Labute approximate surface area is 224 Å². The average molecular weight is 522 g/mol. The number of carbonyl (C=O) groups is 3. The molecule has 1 aromatic rings. The zero-order valence-electron chi connectivity index (χ0n) is 22.7. The van der Waals surface area contributed by atoms with Crippen molar-refractivity contribution in [2.45, 2.75) is 69.9 Å². The van der Waals surface area contributed by atoms with Gasteiger partial charge in [0.15, 0.2) is 0 Å². The molecular weight excluding hydrogens is 482 g/mol. The number of hydrogen-bond donors (Lipinski definition) is 1. The fourth-order valence-corrected chi connectivity index (χ4v) is 6.73. The van der Waals surface area contributed by atoms with E-state index in [1.165, 1.54) is 0 Å². The molecule has 1 unspecified atom stereocenters. The lowest BCUT2D eigenvalue weighted by molar-refractivity contribution is -0.154. The largest absolute Gasteiger partial charge is 0.394 e. The Bertz CT molecular complexity index is 1140. The Hall–Kier alpha value is -2.97. The molecule has 6 atom stereocenters. The third kappa shape index (κ3) is 4.18. The van der Waals surface area contributed by atoms with Gasteiger partial charge in [0, 0.05) is 25.2 Å². The normalized spacial score (nSPS) is 31.7. The maximum Gasteiger partial charge on any atom is 0.249 e. The van der Waals surface area contributed by atoms with Crippen molar-refractivity contribution in [3.8, 4) is 0 Å². The van der Waals surface area contributed by atoms with E-state index < -0.39 is 41.2 Å². The van der Waals surface area contributed by atoms with Crippen LogP contribution in [0.25, 0.3) is 0 Å². The molecule has 2 saturated heterocycles. The first-order valence-electron chi connectivity index (χ1n) is 13.7. The summed E-state index contributed by atoms with van der Waals surface area (Å²) in [5.41, 5.74) is -0.830. The summed E-state index contributed by atoms with van der Waals surface area (Å²) in [6.07, 6.45) is 8.18. The minimum Gasteiger partial charge on any atom is -0.394 e. The molecule has 5 rings (SSSR count). The highest BCUT2D eigenvalue weighted by atomic mass is 16.5. The summed E-state index contributed by atoms with van der Waals surface area (Å²) >= 11 is 0. The zero-order chi connectivity index (χ0) is 27.2. The zero-order valence-corrected chi connectivity index (χ0v) is 22.7. The lowest BCUT2D eigenvalue weighted by Crippen LogP contribution is -2.61. The van der Waals surface area contributed by atoms with Gasteiger partial charge in [0.2, 0.25) is 17.7 Å². The van der Waals surface area contributed by atoms with E-state index in [9.17, 15) is 19.5 Å². The van der Waals surface area contributed by atoms with Crippen molar-refractivity contribution in [2.24, 2.45) is 11.8 Å². The molecular formula is C30H39N3O5. The minimum absolute atomic E-state index is 0.112. The first-order valence-corrected chi connectivity index (χ1v) is 13.7. The van der Waals surface area contributed by atoms with Crippen molar-refractivity contribution in [1.29, 1.82) is 0 Å². The topological polar surface area (TPSA) is 90.4 Å². The maximum absolute atomic E-state index is 14.5. The molecule has 4 aliphatic rings. The van der Waals surface area contributed by atoms with Crippen LogP contribution in [-0.2, 0) is 25.5 Å². The van der Waals surface area contributed by atoms with Gasteiger partial charge in [-0.3, -0.25) is 14.4 Å².